The van der Waals surface area contributed by atoms with E-state index in [1.54, 1.807) is 6.07 Å². The minimum Gasteiger partial charge on any atom is -0.508 e. The van der Waals surface area contributed by atoms with E-state index >= 15 is 0 Å². The molecule has 0 saturated heterocycles. The Morgan fingerprint density at radius 1 is 1.00 bits per heavy atom. The molecular formula is C22H24OS. The third-order valence-electron chi connectivity index (χ3n) is 4.83. The lowest BCUT2D eigenvalue weighted by molar-refractivity contribution is 0.474. The lowest BCUT2D eigenvalue weighted by atomic mass is 9.94. The Morgan fingerprint density at radius 2 is 1.75 bits per heavy atom. The summed E-state index contributed by atoms with van der Waals surface area (Å²) in [5.41, 5.74) is 8.07. The standard InChI is InChI=1S/C22H24OS/c1-5-6-19-13-24-22-16(4)18(11-15(3)21(19)22)8-7-17-9-10-20(23)12-14(17)2/h5,9-13,23H,1,6-8H2,2-4H3. The topological polar surface area (TPSA) is 20.2 Å². The molecule has 1 aromatic heterocycles. The minimum atomic E-state index is 0.345. The first kappa shape index (κ1) is 16.8. The average molecular weight is 337 g/mol. The van der Waals surface area contributed by atoms with E-state index in [9.17, 15) is 5.11 Å². The Balaban J connectivity index is 1.92. The first-order valence-corrected chi connectivity index (χ1v) is 9.27. The fourth-order valence-electron chi connectivity index (χ4n) is 3.48. The van der Waals surface area contributed by atoms with Gasteiger partial charge in [-0.15, -0.1) is 17.9 Å². The number of aryl methyl sites for hydroxylation is 5. The Bertz CT molecular complexity index is 902. The van der Waals surface area contributed by atoms with Crippen molar-refractivity contribution in [3.05, 3.63) is 75.7 Å². The van der Waals surface area contributed by atoms with E-state index in [0.29, 0.717) is 5.75 Å². The van der Waals surface area contributed by atoms with E-state index in [-0.39, 0.29) is 0 Å². The third-order valence-corrected chi connectivity index (χ3v) is 5.98. The Labute approximate surface area is 148 Å². The van der Waals surface area contributed by atoms with Gasteiger partial charge in [0.2, 0.25) is 0 Å². The van der Waals surface area contributed by atoms with Crippen molar-refractivity contribution in [3.8, 4) is 5.75 Å². The monoisotopic (exact) mass is 336 g/mol. The van der Waals surface area contributed by atoms with Crippen molar-refractivity contribution < 1.29 is 5.11 Å². The van der Waals surface area contributed by atoms with Crippen LogP contribution in [0.4, 0.5) is 0 Å². The number of rotatable bonds is 5. The molecule has 124 valence electrons. The van der Waals surface area contributed by atoms with Crippen molar-refractivity contribution in [1.82, 2.24) is 0 Å². The highest BCUT2D eigenvalue weighted by Crippen LogP contribution is 2.34. The van der Waals surface area contributed by atoms with Crippen LogP contribution in [0.2, 0.25) is 0 Å². The van der Waals surface area contributed by atoms with E-state index in [4.69, 9.17) is 0 Å². The van der Waals surface area contributed by atoms with Gasteiger partial charge in [-0.05, 0) is 96.3 Å². The summed E-state index contributed by atoms with van der Waals surface area (Å²) in [7, 11) is 0. The van der Waals surface area contributed by atoms with Crippen LogP contribution in [0.15, 0.2) is 42.3 Å². The summed E-state index contributed by atoms with van der Waals surface area (Å²) in [5.74, 6) is 0.345. The molecule has 0 unspecified atom stereocenters. The molecular weight excluding hydrogens is 312 g/mol. The lowest BCUT2D eigenvalue weighted by Crippen LogP contribution is -1.98. The van der Waals surface area contributed by atoms with Crippen LogP contribution in [0, 0.1) is 20.8 Å². The molecule has 0 bridgehead atoms. The second kappa shape index (κ2) is 6.82. The van der Waals surface area contributed by atoms with Gasteiger partial charge in [0.15, 0.2) is 0 Å². The second-order valence-corrected chi connectivity index (χ2v) is 7.43. The maximum Gasteiger partial charge on any atom is 0.115 e. The predicted octanol–water partition coefficient (Wildman–Crippen LogP) is 6.05. The molecule has 1 heterocycles. The molecule has 2 heteroatoms. The SMILES string of the molecule is C=CCc1csc2c(C)c(CCc3ccc(O)cc3C)cc(C)c12. The predicted molar refractivity (Wildman–Crippen MR) is 105 cm³/mol. The number of fused-ring (bicyclic) bond motifs is 1. The van der Waals surface area contributed by atoms with E-state index in [2.05, 4.69) is 38.8 Å². The largest absolute Gasteiger partial charge is 0.508 e. The maximum absolute atomic E-state index is 9.56. The summed E-state index contributed by atoms with van der Waals surface area (Å²) >= 11 is 1.85. The minimum absolute atomic E-state index is 0.345. The number of hydrogen-bond acceptors (Lipinski definition) is 2. The van der Waals surface area contributed by atoms with E-state index in [0.717, 1.165) is 24.8 Å². The van der Waals surface area contributed by atoms with Gasteiger partial charge in [0.1, 0.15) is 5.75 Å². The number of phenols is 1. The van der Waals surface area contributed by atoms with E-state index < -0.39 is 0 Å². The Morgan fingerprint density at radius 3 is 2.46 bits per heavy atom. The highest BCUT2D eigenvalue weighted by Gasteiger charge is 2.12. The normalized spacial score (nSPS) is 11.1. The molecule has 1 nitrogen and oxygen atoms in total. The molecule has 0 amide bonds. The lowest BCUT2D eigenvalue weighted by Gasteiger charge is -2.12. The molecule has 0 atom stereocenters. The Kier molecular flexibility index (Phi) is 4.77. The van der Waals surface area contributed by atoms with Gasteiger partial charge >= 0.3 is 0 Å². The number of aromatic hydroxyl groups is 1. The van der Waals surface area contributed by atoms with Gasteiger partial charge in [-0.2, -0.15) is 0 Å². The summed E-state index contributed by atoms with van der Waals surface area (Å²) in [6.07, 6.45) is 4.95. The second-order valence-electron chi connectivity index (χ2n) is 6.55. The molecule has 0 saturated carbocycles. The molecule has 3 aromatic rings. The molecule has 0 radical (unpaired) electrons. The summed E-state index contributed by atoms with van der Waals surface area (Å²) in [5, 5.41) is 13.3. The molecule has 2 aromatic carbocycles. The van der Waals surface area contributed by atoms with Crippen molar-refractivity contribution in [3.63, 3.8) is 0 Å². The van der Waals surface area contributed by atoms with E-state index in [1.807, 2.05) is 29.5 Å². The van der Waals surface area contributed by atoms with Crippen LogP contribution < -0.4 is 0 Å². The first-order chi connectivity index (χ1) is 11.5. The van der Waals surface area contributed by atoms with Crippen molar-refractivity contribution in [2.45, 2.75) is 40.0 Å². The van der Waals surface area contributed by atoms with Crippen molar-refractivity contribution in [1.29, 1.82) is 0 Å². The van der Waals surface area contributed by atoms with Crippen LogP contribution in [0.3, 0.4) is 0 Å². The number of hydrogen-bond donors (Lipinski definition) is 1. The van der Waals surface area contributed by atoms with Gasteiger partial charge in [-0.3, -0.25) is 0 Å². The highest BCUT2D eigenvalue weighted by atomic mass is 32.1. The summed E-state index contributed by atoms with van der Waals surface area (Å²) < 4.78 is 1.42. The van der Waals surface area contributed by atoms with Gasteiger partial charge in [-0.25, -0.2) is 0 Å². The van der Waals surface area contributed by atoms with Gasteiger partial charge in [0.25, 0.3) is 0 Å². The van der Waals surface area contributed by atoms with Crippen LogP contribution in [-0.2, 0) is 19.3 Å². The van der Waals surface area contributed by atoms with Crippen LogP contribution in [-0.4, -0.2) is 5.11 Å². The molecule has 0 spiro atoms. The molecule has 0 aliphatic rings. The zero-order valence-electron chi connectivity index (χ0n) is 14.6. The van der Waals surface area contributed by atoms with Crippen LogP contribution in [0.1, 0.15) is 33.4 Å². The number of allylic oxidation sites excluding steroid dienone is 1. The Hall–Kier alpha value is -2.06. The quantitative estimate of drug-likeness (QED) is 0.563. The highest BCUT2D eigenvalue weighted by molar-refractivity contribution is 7.17. The molecule has 3 rings (SSSR count). The van der Waals surface area contributed by atoms with E-state index in [1.165, 1.54) is 37.9 Å². The van der Waals surface area contributed by atoms with Crippen LogP contribution >= 0.6 is 11.3 Å². The molecule has 1 N–H and O–H groups in total. The maximum atomic E-state index is 9.56. The molecule has 0 aliphatic heterocycles. The van der Waals surface area contributed by atoms with Crippen molar-refractivity contribution in [2.24, 2.45) is 0 Å². The molecule has 24 heavy (non-hydrogen) atoms. The fraction of sp³-hybridized carbons (Fsp3) is 0.273. The fourth-order valence-corrected chi connectivity index (χ4v) is 4.68. The zero-order valence-corrected chi connectivity index (χ0v) is 15.5. The number of phenolic OH excluding ortho intramolecular Hbond substituents is 1. The van der Waals surface area contributed by atoms with Crippen molar-refractivity contribution >= 4 is 21.4 Å². The molecule has 0 fully saturated rings. The van der Waals surface area contributed by atoms with Gasteiger partial charge < -0.3 is 5.11 Å². The summed E-state index contributed by atoms with van der Waals surface area (Å²) in [4.78, 5) is 0. The summed E-state index contributed by atoms with van der Waals surface area (Å²) in [6, 6.07) is 8.02. The third kappa shape index (κ3) is 3.11. The van der Waals surface area contributed by atoms with Gasteiger partial charge in [0.05, 0.1) is 0 Å². The summed E-state index contributed by atoms with van der Waals surface area (Å²) in [6.45, 7) is 10.4. The zero-order chi connectivity index (χ0) is 17.3. The first-order valence-electron chi connectivity index (χ1n) is 8.39. The number of benzene rings is 2. The smallest absolute Gasteiger partial charge is 0.115 e. The van der Waals surface area contributed by atoms with Crippen molar-refractivity contribution in [2.75, 3.05) is 0 Å². The number of thiophene rings is 1. The average Bonchev–Trinajstić information content (AvgIpc) is 2.96. The van der Waals surface area contributed by atoms with Gasteiger partial charge in [-0.1, -0.05) is 18.2 Å². The van der Waals surface area contributed by atoms with Crippen LogP contribution in [0.5, 0.6) is 5.75 Å². The van der Waals surface area contributed by atoms with Gasteiger partial charge in [0, 0.05) is 4.70 Å². The molecule has 0 aliphatic carbocycles. The van der Waals surface area contributed by atoms with Crippen LogP contribution in [0.25, 0.3) is 10.1 Å².